The van der Waals surface area contributed by atoms with E-state index >= 15 is 0 Å². The fraction of sp³-hybridized carbons (Fsp3) is 0.118. The molecule has 0 saturated carbocycles. The Morgan fingerprint density at radius 3 is 2.54 bits per heavy atom. The van der Waals surface area contributed by atoms with Gasteiger partial charge in [-0.2, -0.15) is 5.10 Å². The van der Waals surface area contributed by atoms with Crippen LogP contribution in [0.5, 0.6) is 0 Å². The van der Waals surface area contributed by atoms with Crippen molar-refractivity contribution < 1.29 is 14.0 Å². The van der Waals surface area contributed by atoms with E-state index in [2.05, 4.69) is 10.4 Å². The lowest BCUT2D eigenvalue weighted by Gasteiger charge is -2.20. The minimum atomic E-state index is -1.23. The summed E-state index contributed by atoms with van der Waals surface area (Å²) in [6, 6.07) is 12.3. The van der Waals surface area contributed by atoms with Crippen LogP contribution in [0, 0.1) is 5.82 Å². The zero-order valence-electron chi connectivity index (χ0n) is 12.7. The molecule has 2 aromatic carbocycles. The molecule has 1 aliphatic rings. The van der Waals surface area contributed by atoms with Crippen molar-refractivity contribution in [2.75, 3.05) is 0 Å². The molecule has 24 heavy (non-hydrogen) atoms. The van der Waals surface area contributed by atoms with Gasteiger partial charge in [0.25, 0.3) is 5.91 Å². The van der Waals surface area contributed by atoms with Crippen LogP contribution >= 0.6 is 11.6 Å². The molecule has 3 amide bonds. The topological polar surface area (TPSA) is 61.8 Å². The normalized spacial score (nSPS) is 20.7. The van der Waals surface area contributed by atoms with E-state index in [0.29, 0.717) is 10.6 Å². The third kappa shape index (κ3) is 2.65. The molecule has 1 heterocycles. The highest BCUT2D eigenvalue weighted by molar-refractivity contribution is 6.33. The van der Waals surface area contributed by atoms with Crippen molar-refractivity contribution in [3.8, 4) is 0 Å². The third-order valence-corrected chi connectivity index (χ3v) is 4.15. The number of carbonyl (C=O) groups is 2. The van der Waals surface area contributed by atoms with Crippen molar-refractivity contribution in [1.29, 1.82) is 0 Å². The van der Waals surface area contributed by atoms with Gasteiger partial charge in [0.2, 0.25) is 0 Å². The Labute approximate surface area is 142 Å². The minimum Gasteiger partial charge on any atom is -0.318 e. The van der Waals surface area contributed by atoms with E-state index in [1.165, 1.54) is 18.2 Å². The number of nitrogens with zero attached hydrogens (tertiary/aromatic N) is 2. The average Bonchev–Trinajstić information content (AvgIpc) is 2.79. The molecule has 0 radical (unpaired) electrons. The molecule has 1 fully saturated rings. The number of nitrogens with one attached hydrogen (secondary N) is 1. The number of halogens is 2. The minimum absolute atomic E-state index is 0.00748. The summed E-state index contributed by atoms with van der Waals surface area (Å²) >= 11 is 5.90. The van der Waals surface area contributed by atoms with Gasteiger partial charge in [-0.1, -0.05) is 48.0 Å². The number of benzene rings is 2. The van der Waals surface area contributed by atoms with E-state index in [1.807, 2.05) is 6.07 Å². The summed E-state index contributed by atoms with van der Waals surface area (Å²) in [7, 11) is 0. The van der Waals surface area contributed by atoms with Gasteiger partial charge < -0.3 is 5.32 Å². The van der Waals surface area contributed by atoms with Crippen molar-refractivity contribution in [3.63, 3.8) is 0 Å². The second kappa shape index (κ2) is 6.05. The highest BCUT2D eigenvalue weighted by atomic mass is 35.5. The van der Waals surface area contributed by atoms with Crippen LogP contribution in [0.1, 0.15) is 18.1 Å². The zero-order chi connectivity index (χ0) is 17.3. The van der Waals surface area contributed by atoms with Gasteiger partial charge in [0, 0.05) is 5.56 Å². The molecule has 122 valence electrons. The summed E-state index contributed by atoms with van der Waals surface area (Å²) < 4.78 is 13.8. The van der Waals surface area contributed by atoms with Crippen LogP contribution in [-0.2, 0) is 10.3 Å². The van der Waals surface area contributed by atoms with E-state index in [-0.39, 0.29) is 10.6 Å². The average molecular weight is 346 g/mol. The smallest absolute Gasteiger partial charge is 0.318 e. The molecule has 0 aromatic heterocycles. The fourth-order valence-electron chi connectivity index (χ4n) is 2.45. The Morgan fingerprint density at radius 2 is 1.88 bits per heavy atom. The highest BCUT2D eigenvalue weighted by Gasteiger charge is 2.49. The number of amides is 3. The van der Waals surface area contributed by atoms with Crippen LogP contribution in [-0.4, -0.2) is 23.2 Å². The predicted octanol–water partition coefficient (Wildman–Crippen LogP) is 3.28. The second-order valence-electron chi connectivity index (χ2n) is 5.42. The molecule has 0 spiro atoms. The Bertz CT molecular complexity index is 821. The Kier molecular flexibility index (Phi) is 4.07. The van der Waals surface area contributed by atoms with Crippen molar-refractivity contribution in [2.45, 2.75) is 12.5 Å². The molecule has 1 atom stereocenters. The number of hydrazone groups is 1. The Hall–Kier alpha value is -2.73. The lowest BCUT2D eigenvalue weighted by atomic mass is 9.92. The molecule has 0 unspecified atom stereocenters. The number of imide groups is 1. The van der Waals surface area contributed by atoms with E-state index < -0.39 is 23.3 Å². The first kappa shape index (κ1) is 16.1. The molecule has 1 aliphatic heterocycles. The van der Waals surface area contributed by atoms with E-state index in [0.717, 1.165) is 6.21 Å². The lowest BCUT2D eigenvalue weighted by Crippen LogP contribution is -2.40. The van der Waals surface area contributed by atoms with Crippen LogP contribution in [0.4, 0.5) is 9.18 Å². The van der Waals surface area contributed by atoms with E-state index in [4.69, 9.17) is 11.6 Å². The summed E-state index contributed by atoms with van der Waals surface area (Å²) in [4.78, 5) is 24.7. The van der Waals surface area contributed by atoms with Crippen LogP contribution in [0.2, 0.25) is 5.02 Å². The van der Waals surface area contributed by atoms with Crippen molar-refractivity contribution in [2.24, 2.45) is 5.10 Å². The van der Waals surface area contributed by atoms with Gasteiger partial charge in [-0.05, 0) is 24.6 Å². The Morgan fingerprint density at radius 1 is 1.17 bits per heavy atom. The standard InChI is InChI=1S/C17H13ClFN3O2/c1-17(11-6-3-2-4-7-11)15(23)22(16(24)21-17)20-10-12-13(18)8-5-9-14(12)19/h2-10H,1H3,(H,21,24)/t17-/m1/s1. The molecule has 0 aliphatic carbocycles. The molecule has 3 rings (SSSR count). The van der Waals surface area contributed by atoms with Crippen LogP contribution in [0.15, 0.2) is 53.6 Å². The monoisotopic (exact) mass is 345 g/mol. The van der Waals surface area contributed by atoms with Crippen molar-refractivity contribution in [3.05, 3.63) is 70.5 Å². The predicted molar refractivity (Wildman–Crippen MR) is 88.2 cm³/mol. The van der Waals surface area contributed by atoms with Crippen LogP contribution in [0.3, 0.4) is 0 Å². The van der Waals surface area contributed by atoms with Gasteiger partial charge in [0.05, 0.1) is 11.2 Å². The summed E-state index contributed by atoms with van der Waals surface area (Å²) in [6.45, 7) is 1.59. The number of hydrogen-bond donors (Lipinski definition) is 1. The van der Waals surface area contributed by atoms with Crippen LogP contribution < -0.4 is 5.32 Å². The van der Waals surface area contributed by atoms with Gasteiger partial charge in [0.1, 0.15) is 11.4 Å². The Balaban J connectivity index is 1.92. The molecular weight excluding hydrogens is 333 g/mol. The fourth-order valence-corrected chi connectivity index (χ4v) is 2.66. The quantitative estimate of drug-likeness (QED) is 0.685. The lowest BCUT2D eigenvalue weighted by molar-refractivity contribution is -0.131. The molecular formula is C17H13ClFN3O2. The van der Waals surface area contributed by atoms with Crippen molar-refractivity contribution >= 4 is 29.8 Å². The largest absolute Gasteiger partial charge is 0.346 e. The maximum atomic E-state index is 13.8. The summed E-state index contributed by atoms with van der Waals surface area (Å²) in [5.74, 6) is -1.15. The number of rotatable bonds is 3. The summed E-state index contributed by atoms with van der Waals surface area (Å²) in [5, 5.41) is 7.24. The maximum Gasteiger partial charge on any atom is 0.346 e. The first-order chi connectivity index (χ1) is 11.4. The number of carbonyl (C=O) groups excluding carboxylic acids is 2. The number of hydrogen-bond acceptors (Lipinski definition) is 3. The van der Waals surface area contributed by atoms with Gasteiger partial charge in [0.15, 0.2) is 0 Å². The van der Waals surface area contributed by atoms with E-state index in [1.54, 1.807) is 31.2 Å². The van der Waals surface area contributed by atoms with Gasteiger partial charge >= 0.3 is 6.03 Å². The zero-order valence-corrected chi connectivity index (χ0v) is 13.4. The van der Waals surface area contributed by atoms with Crippen molar-refractivity contribution in [1.82, 2.24) is 10.3 Å². The number of urea groups is 1. The molecule has 5 nitrogen and oxygen atoms in total. The molecule has 0 bridgehead atoms. The molecule has 1 saturated heterocycles. The van der Waals surface area contributed by atoms with Gasteiger partial charge in [-0.15, -0.1) is 5.01 Å². The molecule has 7 heteroatoms. The van der Waals surface area contributed by atoms with E-state index in [9.17, 15) is 14.0 Å². The van der Waals surface area contributed by atoms with Crippen LogP contribution in [0.25, 0.3) is 0 Å². The molecule has 2 aromatic rings. The third-order valence-electron chi connectivity index (χ3n) is 3.82. The maximum absolute atomic E-state index is 13.8. The summed E-state index contributed by atoms with van der Waals surface area (Å²) in [5.41, 5.74) is -0.590. The van der Waals surface area contributed by atoms with Gasteiger partial charge in [-0.3, -0.25) is 4.79 Å². The first-order valence-electron chi connectivity index (χ1n) is 7.14. The van der Waals surface area contributed by atoms with Gasteiger partial charge in [-0.25, -0.2) is 9.18 Å². The first-order valence-corrected chi connectivity index (χ1v) is 7.51. The molecule has 1 N–H and O–H groups in total. The highest BCUT2D eigenvalue weighted by Crippen LogP contribution is 2.29. The second-order valence-corrected chi connectivity index (χ2v) is 5.83. The summed E-state index contributed by atoms with van der Waals surface area (Å²) in [6.07, 6.45) is 1.06. The SMILES string of the molecule is C[C@]1(c2ccccc2)NC(=O)N(N=Cc2c(F)cccc2Cl)C1=O.